The van der Waals surface area contributed by atoms with Gasteiger partial charge in [0.25, 0.3) is 5.91 Å². The molecule has 144 valence electrons. The molecular formula is C19H21F3N4O. The van der Waals surface area contributed by atoms with Gasteiger partial charge in [-0.2, -0.15) is 13.2 Å². The van der Waals surface area contributed by atoms with Crippen molar-refractivity contribution >= 4 is 17.5 Å². The van der Waals surface area contributed by atoms with Crippen LogP contribution in [0, 0.1) is 0 Å². The summed E-state index contributed by atoms with van der Waals surface area (Å²) in [4.78, 5) is 22.6. The van der Waals surface area contributed by atoms with Crippen LogP contribution in [0.4, 0.5) is 24.8 Å². The second kappa shape index (κ2) is 7.94. The van der Waals surface area contributed by atoms with Gasteiger partial charge in [-0.15, -0.1) is 0 Å². The quantitative estimate of drug-likeness (QED) is 0.842. The minimum atomic E-state index is -4.48. The molecule has 1 fully saturated rings. The highest BCUT2D eigenvalue weighted by molar-refractivity contribution is 5.94. The fraction of sp³-hybridized carbons (Fsp3) is 0.421. The molecule has 1 atom stereocenters. The number of benzene rings is 1. The maximum Gasteiger partial charge on any atom is 0.418 e. The maximum absolute atomic E-state index is 13.1. The average Bonchev–Trinajstić information content (AvgIpc) is 2.67. The first-order valence-electron chi connectivity index (χ1n) is 8.96. The van der Waals surface area contributed by atoms with Crippen LogP contribution >= 0.6 is 0 Å². The number of piperidine rings is 1. The highest BCUT2D eigenvalue weighted by atomic mass is 19.4. The summed E-state index contributed by atoms with van der Waals surface area (Å²) in [6.45, 7) is 2.76. The summed E-state index contributed by atoms with van der Waals surface area (Å²) in [6, 6.07) is 5.32. The zero-order valence-corrected chi connectivity index (χ0v) is 15.0. The summed E-state index contributed by atoms with van der Waals surface area (Å²) in [5, 5.41) is 2.58. The van der Waals surface area contributed by atoms with E-state index in [2.05, 4.69) is 22.2 Å². The number of nitrogens with one attached hydrogen (secondary N) is 1. The number of carbonyl (C=O) groups is 1. The lowest BCUT2D eigenvalue weighted by Crippen LogP contribution is -2.43. The molecule has 1 aromatic carbocycles. The van der Waals surface area contributed by atoms with Crippen LogP contribution in [0.2, 0.25) is 0 Å². The van der Waals surface area contributed by atoms with Crippen LogP contribution in [0.3, 0.4) is 0 Å². The molecule has 1 unspecified atom stereocenters. The van der Waals surface area contributed by atoms with Gasteiger partial charge in [0.15, 0.2) is 0 Å². The average molecular weight is 378 g/mol. The van der Waals surface area contributed by atoms with Crippen molar-refractivity contribution in [3.63, 3.8) is 0 Å². The monoisotopic (exact) mass is 378 g/mol. The van der Waals surface area contributed by atoms with Gasteiger partial charge in [0.05, 0.1) is 16.8 Å². The molecule has 2 aromatic rings. The van der Waals surface area contributed by atoms with Crippen molar-refractivity contribution in [2.24, 2.45) is 0 Å². The van der Waals surface area contributed by atoms with Crippen LogP contribution in [0.1, 0.15) is 48.5 Å². The first-order chi connectivity index (χ1) is 12.9. The molecule has 1 aromatic heterocycles. The third kappa shape index (κ3) is 4.37. The number of likely N-dealkylation sites (tertiary alicyclic amines) is 1. The zero-order valence-electron chi connectivity index (χ0n) is 15.0. The number of carbonyl (C=O) groups excluding carboxylic acids is 1. The van der Waals surface area contributed by atoms with E-state index < -0.39 is 11.7 Å². The van der Waals surface area contributed by atoms with Crippen LogP contribution in [-0.4, -0.2) is 33.4 Å². The third-order valence-electron chi connectivity index (χ3n) is 4.74. The SMILES string of the molecule is CCC1CCCCN1C(=O)c1cnc(Nc2ccccc2C(F)(F)F)nc1. The predicted molar refractivity (Wildman–Crippen MR) is 95.7 cm³/mol. The van der Waals surface area contributed by atoms with E-state index in [1.807, 2.05) is 4.90 Å². The lowest BCUT2D eigenvalue weighted by Gasteiger charge is -2.35. The largest absolute Gasteiger partial charge is 0.418 e. The Morgan fingerprint density at radius 3 is 2.59 bits per heavy atom. The first-order valence-corrected chi connectivity index (χ1v) is 8.96. The maximum atomic E-state index is 13.1. The normalized spacial score (nSPS) is 17.6. The predicted octanol–water partition coefficient (Wildman–Crippen LogP) is 4.64. The number of hydrogen-bond acceptors (Lipinski definition) is 4. The van der Waals surface area contributed by atoms with Crippen molar-refractivity contribution in [2.75, 3.05) is 11.9 Å². The van der Waals surface area contributed by atoms with Crippen LogP contribution in [0.15, 0.2) is 36.7 Å². The summed E-state index contributed by atoms with van der Waals surface area (Å²) < 4.78 is 39.2. The fourth-order valence-corrected chi connectivity index (χ4v) is 3.32. The summed E-state index contributed by atoms with van der Waals surface area (Å²) in [6.07, 6.45) is 2.18. The molecular weight excluding hydrogens is 357 g/mol. The van der Waals surface area contributed by atoms with Gasteiger partial charge < -0.3 is 10.2 Å². The summed E-state index contributed by atoms with van der Waals surface area (Å²) in [5.41, 5.74) is -0.594. The van der Waals surface area contributed by atoms with Crippen molar-refractivity contribution in [1.82, 2.24) is 14.9 Å². The molecule has 0 saturated carbocycles. The molecule has 1 saturated heterocycles. The van der Waals surface area contributed by atoms with E-state index in [9.17, 15) is 18.0 Å². The first kappa shape index (κ1) is 19.1. The molecule has 1 aliphatic heterocycles. The number of hydrogen-bond donors (Lipinski definition) is 1. The molecule has 0 radical (unpaired) electrons. The molecule has 8 heteroatoms. The molecule has 5 nitrogen and oxygen atoms in total. The molecule has 1 amide bonds. The Bertz CT molecular complexity index is 792. The number of anilines is 2. The van der Waals surface area contributed by atoms with Gasteiger partial charge in [-0.1, -0.05) is 19.1 Å². The smallest absolute Gasteiger partial charge is 0.336 e. The van der Waals surface area contributed by atoms with Gasteiger partial charge in [0, 0.05) is 25.0 Å². The van der Waals surface area contributed by atoms with E-state index in [4.69, 9.17) is 0 Å². The zero-order chi connectivity index (χ0) is 19.4. The highest BCUT2D eigenvalue weighted by Gasteiger charge is 2.33. The number of amides is 1. The Hall–Kier alpha value is -2.64. The minimum absolute atomic E-state index is 0.00827. The molecule has 1 aliphatic rings. The Labute approximate surface area is 155 Å². The van der Waals surface area contributed by atoms with Crippen LogP contribution in [0.25, 0.3) is 0 Å². The lowest BCUT2D eigenvalue weighted by molar-refractivity contribution is -0.136. The Balaban J connectivity index is 1.76. The van der Waals surface area contributed by atoms with Crippen LogP contribution in [-0.2, 0) is 6.18 Å². The van der Waals surface area contributed by atoms with E-state index in [-0.39, 0.29) is 23.6 Å². The fourth-order valence-electron chi connectivity index (χ4n) is 3.32. The van der Waals surface area contributed by atoms with Crippen molar-refractivity contribution < 1.29 is 18.0 Å². The number of para-hydroxylation sites is 1. The highest BCUT2D eigenvalue weighted by Crippen LogP contribution is 2.35. The standard InChI is InChI=1S/C19H21F3N4O/c1-2-14-7-5-6-10-26(14)17(27)13-11-23-18(24-12-13)25-16-9-4-3-8-15(16)19(20,21)22/h3-4,8-9,11-12,14H,2,5-7,10H2,1H3,(H,23,24,25). The Morgan fingerprint density at radius 2 is 1.93 bits per heavy atom. The van der Waals surface area contributed by atoms with Gasteiger partial charge in [-0.25, -0.2) is 9.97 Å². The van der Waals surface area contributed by atoms with E-state index >= 15 is 0 Å². The van der Waals surface area contributed by atoms with Gasteiger partial charge in [0.1, 0.15) is 0 Å². The summed E-state index contributed by atoms with van der Waals surface area (Å²) in [5.74, 6) is -0.127. The van der Waals surface area contributed by atoms with Gasteiger partial charge in [-0.3, -0.25) is 4.79 Å². The van der Waals surface area contributed by atoms with Crippen molar-refractivity contribution in [2.45, 2.75) is 44.8 Å². The molecule has 0 spiro atoms. The number of alkyl halides is 3. The summed E-state index contributed by atoms with van der Waals surface area (Å²) in [7, 11) is 0. The summed E-state index contributed by atoms with van der Waals surface area (Å²) >= 11 is 0. The van der Waals surface area contributed by atoms with Gasteiger partial charge in [0.2, 0.25) is 5.95 Å². The molecule has 1 N–H and O–H groups in total. The molecule has 0 bridgehead atoms. The van der Waals surface area contributed by atoms with Gasteiger partial charge in [-0.05, 0) is 37.8 Å². The van der Waals surface area contributed by atoms with Crippen LogP contribution < -0.4 is 5.32 Å². The number of nitrogens with zero attached hydrogens (tertiary/aromatic N) is 3. The molecule has 0 aliphatic carbocycles. The second-order valence-electron chi connectivity index (χ2n) is 6.52. The Kier molecular flexibility index (Phi) is 5.62. The topological polar surface area (TPSA) is 58.1 Å². The van der Waals surface area contributed by atoms with Gasteiger partial charge >= 0.3 is 6.18 Å². The van der Waals surface area contributed by atoms with Crippen LogP contribution in [0.5, 0.6) is 0 Å². The number of rotatable bonds is 4. The molecule has 2 heterocycles. The van der Waals surface area contributed by atoms with E-state index in [1.54, 1.807) is 0 Å². The third-order valence-corrected chi connectivity index (χ3v) is 4.74. The molecule has 3 rings (SSSR count). The lowest BCUT2D eigenvalue weighted by atomic mass is 9.99. The van der Waals surface area contributed by atoms with E-state index in [0.29, 0.717) is 12.1 Å². The van der Waals surface area contributed by atoms with Crippen molar-refractivity contribution in [3.8, 4) is 0 Å². The van der Waals surface area contributed by atoms with Crippen molar-refractivity contribution in [1.29, 1.82) is 0 Å². The molecule has 27 heavy (non-hydrogen) atoms. The number of aromatic nitrogens is 2. The van der Waals surface area contributed by atoms with Crippen molar-refractivity contribution in [3.05, 3.63) is 47.8 Å². The second-order valence-corrected chi connectivity index (χ2v) is 6.52. The Morgan fingerprint density at radius 1 is 1.22 bits per heavy atom. The minimum Gasteiger partial charge on any atom is -0.336 e. The van der Waals surface area contributed by atoms with E-state index in [0.717, 1.165) is 31.7 Å². The van der Waals surface area contributed by atoms with E-state index in [1.165, 1.54) is 30.6 Å². The number of halogens is 3.